The summed E-state index contributed by atoms with van der Waals surface area (Å²) in [4.78, 5) is 12.3. The minimum Gasteiger partial charge on any atom is -0.453 e. The van der Waals surface area contributed by atoms with Crippen LogP contribution in [-0.4, -0.2) is 5.78 Å². The fourth-order valence-electron chi connectivity index (χ4n) is 1.93. The second kappa shape index (κ2) is 4.93. The molecule has 0 saturated carbocycles. The molecule has 0 spiro atoms. The molecule has 20 heavy (non-hydrogen) atoms. The van der Waals surface area contributed by atoms with Crippen LogP contribution in [0.3, 0.4) is 0 Å². The first-order chi connectivity index (χ1) is 9.54. The van der Waals surface area contributed by atoms with Gasteiger partial charge in [-0.2, -0.15) is 0 Å². The van der Waals surface area contributed by atoms with Crippen LogP contribution in [0.4, 0.5) is 4.39 Å². The lowest BCUT2D eigenvalue weighted by Crippen LogP contribution is -2.00. The van der Waals surface area contributed by atoms with E-state index >= 15 is 0 Å². The van der Waals surface area contributed by atoms with Crippen molar-refractivity contribution in [3.63, 3.8) is 0 Å². The van der Waals surface area contributed by atoms with E-state index in [0.29, 0.717) is 16.0 Å². The van der Waals surface area contributed by atoms with E-state index in [2.05, 4.69) is 0 Å². The van der Waals surface area contributed by atoms with Gasteiger partial charge in [-0.15, -0.1) is 0 Å². The number of carbonyl (C=O) groups excluding carboxylic acids is 1. The number of hydrogen-bond donors (Lipinski definition) is 0. The summed E-state index contributed by atoms with van der Waals surface area (Å²) < 4.78 is 18.5. The minimum absolute atomic E-state index is 0.0924. The van der Waals surface area contributed by atoms with Crippen LogP contribution in [0.25, 0.3) is 11.0 Å². The number of halogens is 3. The highest BCUT2D eigenvalue weighted by Crippen LogP contribution is 2.26. The number of benzene rings is 2. The van der Waals surface area contributed by atoms with Crippen LogP contribution in [0.15, 0.2) is 46.9 Å². The molecule has 0 aliphatic heterocycles. The Balaban J connectivity index is 2.10. The summed E-state index contributed by atoms with van der Waals surface area (Å²) in [6, 6.07) is 10.1. The van der Waals surface area contributed by atoms with Gasteiger partial charge in [-0.3, -0.25) is 4.79 Å². The SMILES string of the molecule is O=C(c1cc2cc(F)ccc2o1)c1cc(Cl)ccc1Cl. The molecular weight excluding hydrogens is 302 g/mol. The minimum atomic E-state index is -0.394. The molecule has 0 amide bonds. The lowest BCUT2D eigenvalue weighted by atomic mass is 10.1. The Morgan fingerprint density at radius 2 is 1.85 bits per heavy atom. The van der Waals surface area contributed by atoms with Gasteiger partial charge in [0.25, 0.3) is 0 Å². The molecular formula is C15H7Cl2FO2. The van der Waals surface area contributed by atoms with E-state index in [0.717, 1.165) is 0 Å². The Hall–Kier alpha value is -1.84. The average Bonchev–Trinajstić information content (AvgIpc) is 2.83. The van der Waals surface area contributed by atoms with Crippen molar-refractivity contribution in [3.8, 4) is 0 Å². The van der Waals surface area contributed by atoms with E-state index in [9.17, 15) is 9.18 Å². The topological polar surface area (TPSA) is 30.2 Å². The maximum Gasteiger partial charge on any atom is 0.229 e. The van der Waals surface area contributed by atoms with E-state index in [4.69, 9.17) is 27.6 Å². The van der Waals surface area contributed by atoms with Gasteiger partial charge < -0.3 is 4.42 Å². The van der Waals surface area contributed by atoms with E-state index in [1.54, 1.807) is 12.1 Å². The molecule has 5 heteroatoms. The summed E-state index contributed by atoms with van der Waals surface area (Å²) in [5, 5.41) is 1.21. The molecule has 0 saturated heterocycles. The van der Waals surface area contributed by atoms with Gasteiger partial charge in [0.1, 0.15) is 11.4 Å². The maximum absolute atomic E-state index is 13.1. The van der Waals surface area contributed by atoms with E-state index in [1.807, 2.05) is 0 Å². The maximum atomic E-state index is 13.1. The van der Waals surface area contributed by atoms with Crippen molar-refractivity contribution in [1.29, 1.82) is 0 Å². The highest BCUT2D eigenvalue weighted by molar-refractivity contribution is 6.36. The Labute approximate surface area is 123 Å². The highest BCUT2D eigenvalue weighted by Gasteiger charge is 2.18. The molecule has 0 aliphatic rings. The van der Waals surface area contributed by atoms with Gasteiger partial charge in [0.2, 0.25) is 5.78 Å². The van der Waals surface area contributed by atoms with Crippen molar-refractivity contribution in [2.24, 2.45) is 0 Å². The smallest absolute Gasteiger partial charge is 0.229 e. The van der Waals surface area contributed by atoms with Crippen LogP contribution in [0, 0.1) is 5.82 Å². The molecule has 0 unspecified atom stereocenters. The third-order valence-corrected chi connectivity index (χ3v) is 3.44. The number of hydrogen-bond acceptors (Lipinski definition) is 2. The quantitative estimate of drug-likeness (QED) is 0.616. The first-order valence-electron chi connectivity index (χ1n) is 5.73. The third kappa shape index (κ3) is 2.30. The number of fused-ring (bicyclic) bond motifs is 1. The normalized spacial score (nSPS) is 10.9. The molecule has 100 valence electrons. The predicted molar refractivity (Wildman–Crippen MR) is 76.1 cm³/mol. The lowest BCUT2D eigenvalue weighted by molar-refractivity contribution is 0.101. The molecule has 0 aliphatic carbocycles. The fraction of sp³-hybridized carbons (Fsp3) is 0. The van der Waals surface area contributed by atoms with Crippen LogP contribution < -0.4 is 0 Å². The largest absolute Gasteiger partial charge is 0.453 e. The molecule has 2 aromatic carbocycles. The molecule has 0 radical (unpaired) electrons. The average molecular weight is 309 g/mol. The monoisotopic (exact) mass is 308 g/mol. The second-order valence-electron chi connectivity index (χ2n) is 4.25. The predicted octanol–water partition coefficient (Wildman–Crippen LogP) is 5.11. The van der Waals surface area contributed by atoms with Crippen LogP contribution in [0.5, 0.6) is 0 Å². The Bertz CT molecular complexity index is 824. The molecule has 0 bridgehead atoms. The summed E-state index contributed by atoms with van der Waals surface area (Å²) in [7, 11) is 0. The van der Waals surface area contributed by atoms with Gasteiger partial charge in [-0.05, 0) is 42.5 Å². The van der Waals surface area contributed by atoms with Crippen molar-refractivity contribution in [1.82, 2.24) is 0 Å². The Morgan fingerprint density at radius 1 is 1.05 bits per heavy atom. The summed E-state index contributed by atoms with van der Waals surface area (Å²) >= 11 is 11.8. The van der Waals surface area contributed by atoms with Gasteiger partial charge in [-0.25, -0.2) is 4.39 Å². The summed E-state index contributed by atoms with van der Waals surface area (Å²) in [5.74, 6) is -0.693. The van der Waals surface area contributed by atoms with Crippen molar-refractivity contribution >= 4 is 40.0 Å². The number of carbonyl (C=O) groups is 1. The molecule has 0 N–H and O–H groups in total. The Morgan fingerprint density at radius 3 is 2.65 bits per heavy atom. The van der Waals surface area contributed by atoms with E-state index < -0.39 is 11.6 Å². The lowest BCUT2D eigenvalue weighted by Gasteiger charge is -2.01. The van der Waals surface area contributed by atoms with Crippen molar-refractivity contribution in [2.45, 2.75) is 0 Å². The standard InChI is InChI=1S/C15H7Cl2FO2/c16-9-1-3-12(17)11(7-9)15(19)14-6-8-5-10(18)2-4-13(8)20-14/h1-7H. The van der Waals surface area contributed by atoms with Gasteiger partial charge in [0.05, 0.1) is 5.02 Å². The first-order valence-corrected chi connectivity index (χ1v) is 6.49. The zero-order valence-electron chi connectivity index (χ0n) is 9.99. The van der Waals surface area contributed by atoms with Crippen LogP contribution >= 0.6 is 23.2 Å². The number of rotatable bonds is 2. The summed E-state index contributed by atoms with van der Waals surface area (Å²) in [6.07, 6.45) is 0. The van der Waals surface area contributed by atoms with Crippen molar-refractivity contribution < 1.29 is 13.6 Å². The molecule has 3 rings (SSSR count). The molecule has 1 aromatic heterocycles. The van der Waals surface area contributed by atoms with Gasteiger partial charge in [0.15, 0.2) is 5.76 Å². The van der Waals surface area contributed by atoms with Gasteiger partial charge in [-0.1, -0.05) is 23.2 Å². The third-order valence-electron chi connectivity index (χ3n) is 2.88. The van der Waals surface area contributed by atoms with Gasteiger partial charge >= 0.3 is 0 Å². The molecule has 3 aromatic rings. The van der Waals surface area contributed by atoms with E-state index in [-0.39, 0.29) is 16.3 Å². The number of furan rings is 1. The van der Waals surface area contributed by atoms with Crippen LogP contribution in [0.2, 0.25) is 10.0 Å². The van der Waals surface area contributed by atoms with Crippen molar-refractivity contribution in [3.05, 3.63) is 69.7 Å². The van der Waals surface area contributed by atoms with Crippen molar-refractivity contribution in [2.75, 3.05) is 0 Å². The summed E-state index contributed by atoms with van der Waals surface area (Å²) in [6.45, 7) is 0. The zero-order valence-corrected chi connectivity index (χ0v) is 11.5. The first kappa shape index (κ1) is 13.2. The van der Waals surface area contributed by atoms with E-state index in [1.165, 1.54) is 30.3 Å². The molecule has 1 heterocycles. The second-order valence-corrected chi connectivity index (χ2v) is 5.09. The zero-order chi connectivity index (χ0) is 14.3. The highest BCUT2D eigenvalue weighted by atomic mass is 35.5. The van der Waals surface area contributed by atoms with Crippen LogP contribution in [-0.2, 0) is 0 Å². The molecule has 2 nitrogen and oxygen atoms in total. The Kier molecular flexibility index (Phi) is 3.24. The summed E-state index contributed by atoms with van der Waals surface area (Å²) in [5.41, 5.74) is 0.687. The molecule has 0 fully saturated rings. The molecule has 0 atom stereocenters. The van der Waals surface area contributed by atoms with Gasteiger partial charge in [0, 0.05) is 16.0 Å². The fourth-order valence-corrected chi connectivity index (χ4v) is 2.31. The number of ketones is 1. The van der Waals surface area contributed by atoms with Crippen LogP contribution in [0.1, 0.15) is 16.1 Å².